The van der Waals surface area contributed by atoms with Gasteiger partial charge in [-0.2, -0.15) is 0 Å². The molecule has 0 bridgehead atoms. The third kappa shape index (κ3) is 3.31. The molecule has 0 aliphatic rings. The summed E-state index contributed by atoms with van der Waals surface area (Å²) in [7, 11) is 0. The van der Waals surface area contributed by atoms with Crippen molar-refractivity contribution in [3.8, 4) is 23.0 Å². The minimum Gasteiger partial charge on any atom is -0.503 e. The Kier molecular flexibility index (Phi) is 6.09. The van der Waals surface area contributed by atoms with Crippen molar-refractivity contribution in [1.82, 2.24) is 0 Å². The highest BCUT2D eigenvalue weighted by Crippen LogP contribution is 2.55. The number of rotatable bonds is 2. The Hall–Kier alpha value is 0.160. The molecule has 0 heterocycles. The van der Waals surface area contributed by atoms with Crippen LogP contribution >= 0.6 is 92.8 Å². The monoisotopic (exact) mass is 474 g/mol. The van der Waals surface area contributed by atoms with Crippen LogP contribution in [0.15, 0.2) is 0 Å². The van der Waals surface area contributed by atoms with Gasteiger partial charge < -0.3 is 14.9 Å². The molecule has 0 saturated heterocycles. The quantitative estimate of drug-likeness (QED) is 0.339. The summed E-state index contributed by atoms with van der Waals surface area (Å²) < 4.78 is 5.32. The number of benzene rings is 2. The molecule has 2 rings (SSSR count). The zero-order chi connectivity index (χ0) is 17.6. The number of hydrogen-bond acceptors (Lipinski definition) is 3. The second kappa shape index (κ2) is 7.19. The lowest BCUT2D eigenvalue weighted by atomic mass is 10.3. The summed E-state index contributed by atoms with van der Waals surface area (Å²) in [5.74, 6) is -2.05. The molecule has 0 aliphatic heterocycles. The van der Waals surface area contributed by atoms with Crippen molar-refractivity contribution in [2.24, 2.45) is 0 Å². The first-order valence-electron chi connectivity index (χ1n) is 5.37. The van der Waals surface area contributed by atoms with E-state index in [1.165, 1.54) is 0 Å². The molecule has 3 nitrogen and oxygen atoms in total. The van der Waals surface area contributed by atoms with E-state index < -0.39 is 23.0 Å². The number of ether oxygens (including phenoxy) is 1. The van der Waals surface area contributed by atoms with Crippen LogP contribution in [-0.4, -0.2) is 10.2 Å². The lowest BCUT2D eigenvalue weighted by Crippen LogP contribution is -1.92. The number of aromatic hydroxyl groups is 2. The molecule has 0 aliphatic carbocycles. The van der Waals surface area contributed by atoms with Gasteiger partial charge in [0.15, 0.2) is 23.0 Å². The van der Waals surface area contributed by atoms with Gasteiger partial charge in [-0.25, -0.2) is 0 Å². The maximum atomic E-state index is 10.0. The van der Waals surface area contributed by atoms with E-state index in [0.29, 0.717) is 0 Å². The van der Waals surface area contributed by atoms with E-state index in [1.807, 2.05) is 0 Å². The van der Waals surface area contributed by atoms with Crippen LogP contribution in [0.25, 0.3) is 0 Å². The van der Waals surface area contributed by atoms with Crippen LogP contribution in [0.1, 0.15) is 0 Å². The summed E-state index contributed by atoms with van der Waals surface area (Å²) in [5.41, 5.74) is 0. The van der Waals surface area contributed by atoms with Gasteiger partial charge in [0.05, 0.1) is 20.1 Å². The largest absolute Gasteiger partial charge is 0.503 e. The number of hydrogen-bond donors (Lipinski definition) is 2. The molecular weight excluding hydrogens is 476 g/mol. The van der Waals surface area contributed by atoms with E-state index in [0.717, 1.165) is 0 Å². The van der Waals surface area contributed by atoms with Gasteiger partial charge in [-0.15, -0.1) is 0 Å². The second-order valence-electron chi connectivity index (χ2n) is 3.97. The minimum atomic E-state index is -0.622. The van der Waals surface area contributed by atoms with Crippen LogP contribution < -0.4 is 4.74 Å². The van der Waals surface area contributed by atoms with Crippen molar-refractivity contribution < 1.29 is 14.9 Å². The summed E-state index contributed by atoms with van der Waals surface area (Å²) >= 11 is 46.9. The van der Waals surface area contributed by atoms with Crippen molar-refractivity contribution >= 4 is 92.8 Å². The fourth-order valence-corrected chi connectivity index (χ4v) is 3.22. The predicted octanol–water partition coefficient (Wildman–Crippen LogP) is 8.12. The SMILES string of the molecule is Oc1c(Cl)c(Cl)c(Cl)c(Cl)c1Oc1c(O)c(Cl)c(Cl)c(Cl)c1Cl. The van der Waals surface area contributed by atoms with Crippen LogP contribution in [0.3, 0.4) is 0 Å². The Labute approximate surface area is 170 Å². The Morgan fingerprint density at radius 1 is 0.435 bits per heavy atom. The van der Waals surface area contributed by atoms with E-state index in [2.05, 4.69) is 0 Å². The van der Waals surface area contributed by atoms with Gasteiger partial charge in [0.25, 0.3) is 0 Å². The lowest BCUT2D eigenvalue weighted by Gasteiger charge is -2.16. The van der Waals surface area contributed by atoms with Crippen molar-refractivity contribution in [2.75, 3.05) is 0 Å². The average molecular weight is 478 g/mol. The summed E-state index contributed by atoms with van der Waals surface area (Å²) in [4.78, 5) is 0. The Balaban J connectivity index is 2.71. The fraction of sp³-hybridized carbons (Fsp3) is 0. The zero-order valence-electron chi connectivity index (χ0n) is 10.3. The molecular formula is C12H2Cl8O3. The van der Waals surface area contributed by atoms with E-state index in [4.69, 9.17) is 97.5 Å². The van der Waals surface area contributed by atoms with Crippen molar-refractivity contribution in [3.05, 3.63) is 40.2 Å². The van der Waals surface area contributed by atoms with Crippen LogP contribution in [0, 0.1) is 0 Å². The smallest absolute Gasteiger partial charge is 0.191 e. The fourth-order valence-electron chi connectivity index (χ4n) is 1.49. The van der Waals surface area contributed by atoms with Crippen molar-refractivity contribution in [3.63, 3.8) is 0 Å². The molecule has 23 heavy (non-hydrogen) atoms. The van der Waals surface area contributed by atoms with Crippen LogP contribution in [-0.2, 0) is 0 Å². The lowest BCUT2D eigenvalue weighted by molar-refractivity contribution is 0.386. The maximum Gasteiger partial charge on any atom is 0.191 e. The highest BCUT2D eigenvalue weighted by atomic mass is 35.5. The number of phenols is 2. The second-order valence-corrected chi connectivity index (χ2v) is 6.99. The molecule has 2 aromatic rings. The summed E-state index contributed by atoms with van der Waals surface area (Å²) in [6, 6.07) is 0. The van der Waals surface area contributed by atoms with Gasteiger partial charge in [0, 0.05) is 0 Å². The molecule has 0 radical (unpaired) electrons. The topological polar surface area (TPSA) is 49.7 Å². The molecule has 0 unspecified atom stereocenters. The van der Waals surface area contributed by atoms with Gasteiger partial charge in [0.1, 0.15) is 20.1 Å². The summed E-state index contributed by atoms with van der Waals surface area (Å²) in [6.45, 7) is 0. The molecule has 11 heteroatoms. The predicted molar refractivity (Wildman–Crippen MR) is 96.4 cm³/mol. The van der Waals surface area contributed by atoms with Crippen molar-refractivity contribution in [2.45, 2.75) is 0 Å². The molecule has 2 N–H and O–H groups in total. The first-order valence-corrected chi connectivity index (χ1v) is 8.39. The normalized spacial score (nSPS) is 11.0. The van der Waals surface area contributed by atoms with Gasteiger partial charge in [-0.3, -0.25) is 0 Å². The average Bonchev–Trinajstić information content (AvgIpc) is 2.54. The first kappa shape index (κ1) is 19.5. The zero-order valence-corrected chi connectivity index (χ0v) is 16.4. The van der Waals surface area contributed by atoms with Gasteiger partial charge in [-0.05, 0) is 0 Å². The molecule has 0 spiro atoms. The highest BCUT2D eigenvalue weighted by Gasteiger charge is 2.27. The van der Waals surface area contributed by atoms with Crippen LogP contribution in [0.5, 0.6) is 23.0 Å². The molecule has 0 aromatic heterocycles. The summed E-state index contributed by atoms with van der Waals surface area (Å²) in [6.07, 6.45) is 0. The molecule has 2 aromatic carbocycles. The van der Waals surface area contributed by atoms with Crippen LogP contribution in [0.4, 0.5) is 0 Å². The Bertz CT molecular complexity index is 695. The van der Waals surface area contributed by atoms with Crippen LogP contribution in [0.2, 0.25) is 40.2 Å². The third-order valence-corrected chi connectivity index (χ3v) is 6.15. The number of phenolic OH excluding ortho intramolecular Hbond substituents is 2. The van der Waals surface area contributed by atoms with E-state index >= 15 is 0 Å². The molecule has 0 atom stereocenters. The minimum absolute atomic E-state index is 0.173. The van der Waals surface area contributed by atoms with E-state index in [9.17, 15) is 10.2 Å². The Morgan fingerprint density at radius 2 is 0.696 bits per heavy atom. The van der Waals surface area contributed by atoms with Gasteiger partial charge in [-0.1, -0.05) is 92.8 Å². The summed E-state index contributed by atoms with van der Waals surface area (Å²) in [5, 5.41) is 18.2. The number of halogens is 8. The molecule has 0 fully saturated rings. The third-order valence-electron chi connectivity index (χ3n) is 2.61. The van der Waals surface area contributed by atoms with Gasteiger partial charge >= 0.3 is 0 Å². The standard InChI is InChI=1S/C12H2Cl8O3/c13-1-3(15)7(19)11(9(21)5(1)17)23-12-8(20)4(16)2(14)6(18)10(12)22/h21-22H. The molecule has 0 saturated carbocycles. The van der Waals surface area contributed by atoms with E-state index in [1.54, 1.807) is 0 Å². The molecule has 124 valence electrons. The van der Waals surface area contributed by atoms with Gasteiger partial charge in [0.2, 0.25) is 0 Å². The van der Waals surface area contributed by atoms with Crippen molar-refractivity contribution in [1.29, 1.82) is 0 Å². The maximum absolute atomic E-state index is 10.0. The Morgan fingerprint density at radius 3 is 1.00 bits per heavy atom. The molecule has 0 amide bonds. The highest BCUT2D eigenvalue weighted by molar-refractivity contribution is 6.54. The van der Waals surface area contributed by atoms with E-state index in [-0.39, 0.29) is 40.2 Å². The first-order chi connectivity index (χ1) is 10.6.